The molecule has 2 aromatic heterocycles. The molecule has 9 nitrogen and oxygen atoms in total. The minimum absolute atomic E-state index is 0.234. The Labute approximate surface area is 113 Å². The van der Waals surface area contributed by atoms with Crippen molar-refractivity contribution in [2.24, 2.45) is 0 Å². The molecule has 20 heavy (non-hydrogen) atoms. The highest BCUT2D eigenvalue weighted by Gasteiger charge is 2.44. The summed E-state index contributed by atoms with van der Waals surface area (Å²) in [7, 11) is 0. The first-order chi connectivity index (χ1) is 9.52. The SMILES string of the molecule is Cc1nc(N)c2ncn([C@@H]3O[C@@H](CO)[C@@H](O)[C@@H]3O)c2n1. The molecule has 1 saturated heterocycles. The molecule has 5 N–H and O–H groups in total. The normalized spacial score (nSPS) is 30.2. The predicted octanol–water partition coefficient (Wildman–Crippen LogP) is -1.67. The predicted molar refractivity (Wildman–Crippen MR) is 67.5 cm³/mol. The molecule has 9 heteroatoms. The largest absolute Gasteiger partial charge is 0.394 e. The Bertz CT molecular complexity index is 645. The highest BCUT2D eigenvalue weighted by Crippen LogP contribution is 2.31. The monoisotopic (exact) mass is 281 g/mol. The second kappa shape index (κ2) is 4.63. The average Bonchev–Trinajstić information content (AvgIpc) is 2.93. The van der Waals surface area contributed by atoms with Gasteiger partial charge in [-0.3, -0.25) is 4.57 Å². The van der Waals surface area contributed by atoms with Crippen LogP contribution in [0, 0.1) is 6.92 Å². The van der Waals surface area contributed by atoms with Gasteiger partial charge in [-0.25, -0.2) is 15.0 Å². The fourth-order valence-electron chi connectivity index (χ4n) is 2.35. The van der Waals surface area contributed by atoms with Gasteiger partial charge in [0.25, 0.3) is 0 Å². The van der Waals surface area contributed by atoms with Crippen molar-refractivity contribution < 1.29 is 20.1 Å². The van der Waals surface area contributed by atoms with E-state index in [2.05, 4.69) is 15.0 Å². The van der Waals surface area contributed by atoms with E-state index in [1.165, 1.54) is 10.9 Å². The van der Waals surface area contributed by atoms with Crippen LogP contribution < -0.4 is 5.73 Å². The summed E-state index contributed by atoms with van der Waals surface area (Å²) in [6.45, 7) is 1.29. The third-order valence-electron chi connectivity index (χ3n) is 3.35. The van der Waals surface area contributed by atoms with Gasteiger partial charge in [0.1, 0.15) is 29.7 Å². The van der Waals surface area contributed by atoms with Gasteiger partial charge in [-0.1, -0.05) is 0 Å². The number of aliphatic hydroxyl groups is 3. The van der Waals surface area contributed by atoms with Crippen LogP contribution in [0.3, 0.4) is 0 Å². The minimum atomic E-state index is -1.19. The van der Waals surface area contributed by atoms with E-state index in [1.54, 1.807) is 6.92 Å². The number of nitrogens with zero attached hydrogens (tertiary/aromatic N) is 4. The Hall–Kier alpha value is -1.81. The molecule has 1 fully saturated rings. The fraction of sp³-hybridized carbons (Fsp3) is 0.545. The number of nitrogens with two attached hydrogens (primary N) is 1. The first kappa shape index (κ1) is 13.2. The lowest BCUT2D eigenvalue weighted by Gasteiger charge is -2.16. The van der Waals surface area contributed by atoms with Crippen molar-refractivity contribution in [2.45, 2.75) is 31.5 Å². The molecule has 3 rings (SSSR count). The molecule has 108 valence electrons. The van der Waals surface area contributed by atoms with Crippen molar-refractivity contribution in [1.82, 2.24) is 19.5 Å². The van der Waals surface area contributed by atoms with E-state index in [-0.39, 0.29) is 5.82 Å². The summed E-state index contributed by atoms with van der Waals surface area (Å²) in [6, 6.07) is 0. The van der Waals surface area contributed by atoms with Crippen molar-refractivity contribution in [1.29, 1.82) is 0 Å². The third kappa shape index (κ3) is 1.83. The second-order valence-corrected chi connectivity index (χ2v) is 4.71. The van der Waals surface area contributed by atoms with Crippen molar-refractivity contribution in [3.63, 3.8) is 0 Å². The van der Waals surface area contributed by atoms with Crippen molar-refractivity contribution >= 4 is 17.0 Å². The van der Waals surface area contributed by atoms with Crippen LogP contribution in [-0.4, -0.2) is 59.8 Å². The van der Waals surface area contributed by atoms with E-state index in [4.69, 9.17) is 15.6 Å². The smallest absolute Gasteiger partial charge is 0.167 e. The van der Waals surface area contributed by atoms with Gasteiger partial charge in [-0.05, 0) is 6.92 Å². The van der Waals surface area contributed by atoms with Crippen LogP contribution in [-0.2, 0) is 4.74 Å². The highest BCUT2D eigenvalue weighted by molar-refractivity contribution is 5.81. The van der Waals surface area contributed by atoms with Gasteiger partial charge in [0.15, 0.2) is 17.7 Å². The number of aromatic nitrogens is 4. The van der Waals surface area contributed by atoms with Crippen LogP contribution in [0.2, 0.25) is 0 Å². The first-order valence-electron chi connectivity index (χ1n) is 6.12. The number of nitrogen functional groups attached to an aromatic ring is 1. The standard InChI is InChI=1S/C11H15N5O4/c1-4-14-9(12)6-10(15-4)16(3-13-6)11-8(19)7(18)5(2-17)20-11/h3,5,7-8,11,17-19H,2H2,1H3,(H2,12,14,15)/t5-,7+,8-,11+/m0/s1. The molecule has 1 aliphatic rings. The molecule has 0 bridgehead atoms. The molecule has 0 amide bonds. The number of rotatable bonds is 2. The molecule has 3 heterocycles. The van der Waals surface area contributed by atoms with Crippen LogP contribution in [0.5, 0.6) is 0 Å². The zero-order chi connectivity index (χ0) is 14.4. The minimum Gasteiger partial charge on any atom is -0.394 e. The average molecular weight is 281 g/mol. The second-order valence-electron chi connectivity index (χ2n) is 4.71. The molecule has 0 radical (unpaired) electrons. The lowest BCUT2D eigenvalue weighted by atomic mass is 10.1. The Morgan fingerprint density at radius 1 is 1.35 bits per heavy atom. The lowest BCUT2D eigenvalue weighted by Crippen LogP contribution is -2.33. The number of aliphatic hydroxyl groups excluding tert-OH is 3. The van der Waals surface area contributed by atoms with Gasteiger partial charge in [0.05, 0.1) is 12.9 Å². The summed E-state index contributed by atoms with van der Waals surface area (Å²) in [5, 5.41) is 28.9. The molecule has 0 spiro atoms. The van der Waals surface area contributed by atoms with E-state index in [0.29, 0.717) is 17.0 Å². The van der Waals surface area contributed by atoms with Crippen LogP contribution in [0.25, 0.3) is 11.2 Å². The van der Waals surface area contributed by atoms with Crippen LogP contribution in [0.4, 0.5) is 5.82 Å². The zero-order valence-corrected chi connectivity index (χ0v) is 10.7. The zero-order valence-electron chi connectivity index (χ0n) is 10.7. The summed E-state index contributed by atoms with van der Waals surface area (Å²) in [5.41, 5.74) is 6.57. The van der Waals surface area contributed by atoms with Gasteiger partial charge >= 0.3 is 0 Å². The van der Waals surface area contributed by atoms with Gasteiger partial charge in [0, 0.05) is 0 Å². The fourth-order valence-corrected chi connectivity index (χ4v) is 2.35. The molecule has 0 unspecified atom stereocenters. The lowest BCUT2D eigenvalue weighted by molar-refractivity contribution is -0.0511. The van der Waals surface area contributed by atoms with Gasteiger partial charge < -0.3 is 25.8 Å². The Balaban J connectivity index is 2.07. The molecule has 0 saturated carbocycles. The summed E-state index contributed by atoms with van der Waals surface area (Å²) in [4.78, 5) is 12.3. The van der Waals surface area contributed by atoms with E-state index in [0.717, 1.165) is 0 Å². The van der Waals surface area contributed by atoms with E-state index >= 15 is 0 Å². The number of imidazole rings is 1. The topological polar surface area (TPSA) is 140 Å². The number of ether oxygens (including phenoxy) is 1. The summed E-state index contributed by atoms with van der Waals surface area (Å²) >= 11 is 0. The number of fused-ring (bicyclic) bond motifs is 1. The summed E-state index contributed by atoms with van der Waals surface area (Å²) in [6.07, 6.45) is -2.70. The first-order valence-corrected chi connectivity index (χ1v) is 6.12. The number of aryl methyl sites for hydroxylation is 1. The number of anilines is 1. The van der Waals surface area contributed by atoms with Gasteiger partial charge in [-0.15, -0.1) is 0 Å². The molecule has 0 aromatic carbocycles. The van der Waals surface area contributed by atoms with E-state index in [9.17, 15) is 10.2 Å². The van der Waals surface area contributed by atoms with Crippen LogP contribution in [0.15, 0.2) is 6.33 Å². The maximum Gasteiger partial charge on any atom is 0.167 e. The Kier molecular flexibility index (Phi) is 3.05. The van der Waals surface area contributed by atoms with Gasteiger partial charge in [0.2, 0.25) is 0 Å². The third-order valence-corrected chi connectivity index (χ3v) is 3.35. The Morgan fingerprint density at radius 2 is 2.10 bits per heavy atom. The van der Waals surface area contributed by atoms with Crippen LogP contribution in [0.1, 0.15) is 12.1 Å². The van der Waals surface area contributed by atoms with Gasteiger partial charge in [-0.2, -0.15) is 0 Å². The maximum atomic E-state index is 10.0. The van der Waals surface area contributed by atoms with E-state index < -0.39 is 31.1 Å². The quantitative estimate of drug-likeness (QED) is 0.512. The maximum absolute atomic E-state index is 10.0. The molecule has 2 aromatic rings. The summed E-state index contributed by atoms with van der Waals surface area (Å²) in [5.74, 6) is 0.696. The van der Waals surface area contributed by atoms with Crippen molar-refractivity contribution in [3.05, 3.63) is 12.2 Å². The number of hydrogen-bond acceptors (Lipinski definition) is 8. The molecule has 1 aliphatic heterocycles. The van der Waals surface area contributed by atoms with Crippen LogP contribution >= 0.6 is 0 Å². The number of hydrogen-bond donors (Lipinski definition) is 4. The molecular weight excluding hydrogens is 266 g/mol. The Morgan fingerprint density at radius 3 is 2.75 bits per heavy atom. The summed E-state index contributed by atoms with van der Waals surface area (Å²) < 4.78 is 6.92. The van der Waals surface area contributed by atoms with E-state index in [1.807, 2.05) is 0 Å². The van der Waals surface area contributed by atoms with Crippen molar-refractivity contribution in [3.8, 4) is 0 Å². The molecular formula is C11H15N5O4. The molecule has 4 atom stereocenters. The molecule has 0 aliphatic carbocycles. The van der Waals surface area contributed by atoms with Crippen molar-refractivity contribution in [2.75, 3.05) is 12.3 Å². The highest BCUT2D eigenvalue weighted by atomic mass is 16.6.